The summed E-state index contributed by atoms with van der Waals surface area (Å²) in [6.45, 7) is 1.84. The molecule has 0 amide bonds. The Morgan fingerprint density at radius 2 is 2.00 bits per heavy atom. The van der Waals surface area contributed by atoms with Crippen LogP contribution < -0.4 is 0 Å². The lowest BCUT2D eigenvalue weighted by Crippen LogP contribution is -2.34. The van der Waals surface area contributed by atoms with Gasteiger partial charge in [0.05, 0.1) is 6.61 Å². The van der Waals surface area contributed by atoms with Crippen molar-refractivity contribution in [3.63, 3.8) is 0 Å². The molecule has 0 spiro atoms. The summed E-state index contributed by atoms with van der Waals surface area (Å²) in [5.41, 5.74) is 0. The van der Waals surface area contributed by atoms with Crippen LogP contribution in [0.25, 0.3) is 0 Å². The molecule has 0 aromatic heterocycles. The summed E-state index contributed by atoms with van der Waals surface area (Å²) in [5, 5.41) is 27.2. The van der Waals surface area contributed by atoms with E-state index in [0.717, 1.165) is 0 Å². The molecule has 0 aromatic carbocycles. The van der Waals surface area contributed by atoms with Crippen LogP contribution in [0.5, 0.6) is 0 Å². The fourth-order valence-electron chi connectivity index (χ4n) is 1.17. The molecule has 1 heterocycles. The molecule has 0 aromatic rings. The van der Waals surface area contributed by atoms with E-state index < -0.39 is 24.6 Å². The molecule has 1 aliphatic rings. The molecular formula is C7H14O5. The molecule has 0 unspecified atom stereocenters. The third-order valence-corrected chi connectivity index (χ3v) is 1.83. The average molecular weight is 178 g/mol. The van der Waals surface area contributed by atoms with E-state index in [-0.39, 0.29) is 6.61 Å². The van der Waals surface area contributed by atoms with E-state index in [9.17, 15) is 10.2 Å². The second-order valence-corrected chi connectivity index (χ2v) is 2.66. The number of aliphatic hydroxyl groups excluding tert-OH is 3. The number of hydrogen-bond acceptors (Lipinski definition) is 5. The van der Waals surface area contributed by atoms with Gasteiger partial charge in [0, 0.05) is 6.61 Å². The van der Waals surface area contributed by atoms with Crippen LogP contribution in [0.1, 0.15) is 6.92 Å². The minimum absolute atomic E-state index is 0.318. The van der Waals surface area contributed by atoms with Crippen molar-refractivity contribution in [2.45, 2.75) is 31.5 Å². The largest absolute Gasteiger partial charge is 0.394 e. The smallest absolute Gasteiger partial charge is 0.186 e. The summed E-state index contributed by atoms with van der Waals surface area (Å²) in [6, 6.07) is 0. The van der Waals surface area contributed by atoms with Crippen molar-refractivity contribution < 1.29 is 24.8 Å². The van der Waals surface area contributed by atoms with Gasteiger partial charge >= 0.3 is 0 Å². The highest BCUT2D eigenvalue weighted by Crippen LogP contribution is 2.21. The van der Waals surface area contributed by atoms with E-state index in [1.54, 1.807) is 6.92 Å². The van der Waals surface area contributed by atoms with Crippen LogP contribution in [0, 0.1) is 0 Å². The van der Waals surface area contributed by atoms with Crippen LogP contribution in [0.2, 0.25) is 0 Å². The predicted molar refractivity (Wildman–Crippen MR) is 39.4 cm³/mol. The Morgan fingerprint density at radius 1 is 1.33 bits per heavy atom. The molecule has 1 aliphatic heterocycles. The van der Waals surface area contributed by atoms with Crippen molar-refractivity contribution in [2.75, 3.05) is 13.2 Å². The monoisotopic (exact) mass is 178 g/mol. The normalized spacial score (nSPS) is 42.0. The zero-order valence-electron chi connectivity index (χ0n) is 6.88. The second-order valence-electron chi connectivity index (χ2n) is 2.66. The van der Waals surface area contributed by atoms with Gasteiger partial charge in [-0.1, -0.05) is 0 Å². The summed E-state index contributed by atoms with van der Waals surface area (Å²) < 4.78 is 9.98. The van der Waals surface area contributed by atoms with Gasteiger partial charge in [-0.3, -0.25) is 0 Å². The van der Waals surface area contributed by atoms with Crippen LogP contribution in [-0.2, 0) is 9.47 Å². The first kappa shape index (κ1) is 9.88. The Hall–Kier alpha value is -0.200. The molecule has 1 fully saturated rings. The maximum atomic E-state index is 9.28. The van der Waals surface area contributed by atoms with Crippen LogP contribution >= 0.6 is 0 Å². The molecule has 4 atom stereocenters. The van der Waals surface area contributed by atoms with E-state index in [2.05, 4.69) is 0 Å². The van der Waals surface area contributed by atoms with Gasteiger partial charge in [-0.15, -0.1) is 0 Å². The standard InChI is InChI=1S/C7H14O5/c1-2-11-7-6(10)5(9)4(3-8)12-7/h4-10H,2-3H2,1H3/t4-,5+,6-,7-/m1/s1. The van der Waals surface area contributed by atoms with Gasteiger partial charge in [0.25, 0.3) is 0 Å². The molecule has 0 aliphatic carbocycles. The van der Waals surface area contributed by atoms with E-state index >= 15 is 0 Å². The maximum absolute atomic E-state index is 9.28. The predicted octanol–water partition coefficient (Wildman–Crippen LogP) is -1.54. The lowest BCUT2D eigenvalue weighted by atomic mass is 10.1. The Balaban J connectivity index is 2.48. The van der Waals surface area contributed by atoms with Crippen molar-refractivity contribution in [1.29, 1.82) is 0 Å². The first-order valence-corrected chi connectivity index (χ1v) is 3.94. The van der Waals surface area contributed by atoms with Crippen molar-refractivity contribution in [3.8, 4) is 0 Å². The Bertz CT molecular complexity index is 140. The fraction of sp³-hybridized carbons (Fsp3) is 1.00. The van der Waals surface area contributed by atoms with Crippen LogP contribution in [0.4, 0.5) is 0 Å². The quantitative estimate of drug-likeness (QED) is 0.488. The lowest BCUT2D eigenvalue weighted by molar-refractivity contribution is -0.166. The minimum atomic E-state index is -1.07. The highest BCUT2D eigenvalue weighted by atomic mass is 16.7. The summed E-state index contributed by atoms with van der Waals surface area (Å²) >= 11 is 0. The SMILES string of the molecule is CCO[C@@H]1O[C@H](CO)[C@H](O)[C@H]1O. The van der Waals surface area contributed by atoms with Crippen molar-refractivity contribution in [2.24, 2.45) is 0 Å². The summed E-state index contributed by atoms with van der Waals surface area (Å²) in [6.07, 6.45) is -3.69. The third-order valence-electron chi connectivity index (χ3n) is 1.83. The van der Waals surface area contributed by atoms with Gasteiger partial charge in [0.1, 0.15) is 18.3 Å². The van der Waals surface area contributed by atoms with Gasteiger partial charge in [-0.2, -0.15) is 0 Å². The van der Waals surface area contributed by atoms with Gasteiger partial charge in [0.2, 0.25) is 0 Å². The van der Waals surface area contributed by atoms with Crippen molar-refractivity contribution in [3.05, 3.63) is 0 Å². The van der Waals surface area contributed by atoms with Crippen molar-refractivity contribution in [1.82, 2.24) is 0 Å². The van der Waals surface area contributed by atoms with Crippen LogP contribution in [0.15, 0.2) is 0 Å². The van der Waals surface area contributed by atoms with Gasteiger partial charge in [-0.05, 0) is 6.92 Å². The summed E-state index contributed by atoms with van der Waals surface area (Å²) in [7, 11) is 0. The summed E-state index contributed by atoms with van der Waals surface area (Å²) in [4.78, 5) is 0. The molecular weight excluding hydrogens is 164 g/mol. The Kier molecular flexibility index (Phi) is 3.42. The third kappa shape index (κ3) is 1.75. The lowest BCUT2D eigenvalue weighted by Gasteiger charge is -2.13. The molecule has 5 nitrogen and oxygen atoms in total. The van der Waals surface area contributed by atoms with Crippen LogP contribution in [0.3, 0.4) is 0 Å². The molecule has 1 saturated heterocycles. The van der Waals surface area contributed by atoms with Gasteiger partial charge in [0.15, 0.2) is 6.29 Å². The molecule has 1 rings (SSSR count). The second kappa shape index (κ2) is 4.15. The maximum Gasteiger partial charge on any atom is 0.186 e. The number of rotatable bonds is 3. The molecule has 0 saturated carbocycles. The molecule has 0 radical (unpaired) electrons. The molecule has 72 valence electrons. The van der Waals surface area contributed by atoms with E-state index in [1.165, 1.54) is 0 Å². The summed E-state index contributed by atoms with van der Waals surface area (Å²) in [5.74, 6) is 0. The Labute approximate surface area is 70.5 Å². The number of hydrogen-bond donors (Lipinski definition) is 3. The Morgan fingerprint density at radius 3 is 2.42 bits per heavy atom. The van der Waals surface area contributed by atoms with Gasteiger partial charge < -0.3 is 24.8 Å². The number of aliphatic hydroxyl groups is 3. The molecule has 0 bridgehead atoms. The highest BCUT2D eigenvalue weighted by Gasteiger charge is 2.42. The molecule has 3 N–H and O–H groups in total. The van der Waals surface area contributed by atoms with E-state index in [0.29, 0.717) is 6.61 Å². The zero-order valence-corrected chi connectivity index (χ0v) is 6.88. The van der Waals surface area contributed by atoms with Crippen molar-refractivity contribution >= 4 is 0 Å². The van der Waals surface area contributed by atoms with Gasteiger partial charge in [-0.25, -0.2) is 0 Å². The highest BCUT2D eigenvalue weighted by molar-refractivity contribution is 4.85. The van der Waals surface area contributed by atoms with E-state index in [1.807, 2.05) is 0 Å². The van der Waals surface area contributed by atoms with Crippen LogP contribution in [-0.4, -0.2) is 53.1 Å². The molecule has 5 heteroatoms. The molecule has 12 heavy (non-hydrogen) atoms. The topological polar surface area (TPSA) is 79.2 Å². The first-order valence-electron chi connectivity index (χ1n) is 3.94. The first-order chi connectivity index (χ1) is 5.70. The minimum Gasteiger partial charge on any atom is -0.394 e. The number of ether oxygens (including phenoxy) is 2. The van der Waals surface area contributed by atoms with E-state index in [4.69, 9.17) is 14.6 Å². The fourth-order valence-corrected chi connectivity index (χ4v) is 1.17. The zero-order chi connectivity index (χ0) is 9.14. The average Bonchev–Trinajstić information content (AvgIpc) is 2.33.